The Morgan fingerprint density at radius 1 is 1.70 bits per heavy atom. The molecule has 0 saturated heterocycles. The fourth-order valence-electron chi connectivity index (χ4n) is 0.314. The molecule has 3 N–H and O–H groups in total. The first-order valence-electron chi connectivity index (χ1n) is 2.59. The van der Waals surface area contributed by atoms with E-state index in [1.165, 1.54) is 6.08 Å². The summed E-state index contributed by atoms with van der Waals surface area (Å²) in [6.45, 7) is -0.141. The number of nitrogens with one attached hydrogen (secondary N) is 1. The minimum absolute atomic E-state index is 0.120. The molecule has 0 heterocycles. The lowest BCUT2D eigenvalue weighted by Crippen LogP contribution is -2.20. The lowest BCUT2D eigenvalue weighted by atomic mass is 10.5. The second kappa shape index (κ2) is 5.08. The van der Waals surface area contributed by atoms with Crippen molar-refractivity contribution in [1.29, 1.82) is 0 Å². The highest BCUT2D eigenvalue weighted by Gasteiger charge is 1.90. The number of rotatable bonds is 3. The normalized spacial score (nSPS) is 11.2. The SMILES string of the molecule is O=C(O)NC/C=C(\Cl)CO. The van der Waals surface area contributed by atoms with Crippen LogP contribution in [-0.4, -0.2) is 29.5 Å². The summed E-state index contributed by atoms with van der Waals surface area (Å²) < 4.78 is 0. The van der Waals surface area contributed by atoms with Crippen molar-refractivity contribution in [2.75, 3.05) is 13.2 Å². The summed E-state index contributed by atoms with van der Waals surface area (Å²) in [6, 6.07) is 0. The molecule has 5 heteroatoms. The summed E-state index contributed by atoms with van der Waals surface area (Å²) in [5.41, 5.74) is 0. The topological polar surface area (TPSA) is 69.6 Å². The third kappa shape index (κ3) is 5.40. The second-order valence-corrected chi connectivity index (χ2v) is 1.98. The fraction of sp³-hybridized carbons (Fsp3) is 0.400. The molecule has 0 radical (unpaired) electrons. The van der Waals surface area contributed by atoms with Gasteiger partial charge in [0.25, 0.3) is 0 Å². The van der Waals surface area contributed by atoms with Crippen LogP contribution in [0.5, 0.6) is 0 Å². The first kappa shape index (κ1) is 9.26. The van der Waals surface area contributed by atoms with Crippen LogP contribution in [0.3, 0.4) is 0 Å². The Balaban J connectivity index is 3.43. The van der Waals surface area contributed by atoms with Crippen molar-refractivity contribution in [2.45, 2.75) is 0 Å². The maximum Gasteiger partial charge on any atom is 0.404 e. The summed E-state index contributed by atoms with van der Waals surface area (Å²) >= 11 is 5.33. The van der Waals surface area contributed by atoms with Crippen LogP contribution in [0, 0.1) is 0 Å². The number of hydrogen-bond acceptors (Lipinski definition) is 2. The summed E-state index contributed by atoms with van der Waals surface area (Å²) in [7, 11) is 0. The zero-order valence-electron chi connectivity index (χ0n) is 5.17. The van der Waals surface area contributed by atoms with Crippen LogP contribution in [0.15, 0.2) is 11.1 Å². The molecular weight excluding hydrogens is 158 g/mol. The number of halogens is 1. The zero-order chi connectivity index (χ0) is 7.98. The third-order valence-corrected chi connectivity index (χ3v) is 1.00. The van der Waals surface area contributed by atoms with Crippen LogP contribution >= 0.6 is 11.6 Å². The van der Waals surface area contributed by atoms with Gasteiger partial charge in [-0.1, -0.05) is 11.6 Å². The molecule has 4 nitrogen and oxygen atoms in total. The number of aliphatic hydroxyl groups excluding tert-OH is 1. The number of aliphatic hydroxyl groups is 1. The minimum Gasteiger partial charge on any atom is -0.465 e. The van der Waals surface area contributed by atoms with Gasteiger partial charge in [0.05, 0.1) is 6.61 Å². The molecule has 0 aromatic carbocycles. The summed E-state index contributed by atoms with van der Waals surface area (Å²) in [5.74, 6) is 0. The molecule has 0 aromatic heterocycles. The predicted octanol–water partition coefficient (Wildman–Crippen LogP) is 0.369. The Bertz CT molecular complexity index is 146. The van der Waals surface area contributed by atoms with Gasteiger partial charge in [-0.05, 0) is 6.08 Å². The van der Waals surface area contributed by atoms with Gasteiger partial charge in [-0.2, -0.15) is 0 Å². The molecule has 58 valence electrons. The van der Waals surface area contributed by atoms with E-state index in [4.69, 9.17) is 21.8 Å². The smallest absolute Gasteiger partial charge is 0.404 e. The van der Waals surface area contributed by atoms with E-state index >= 15 is 0 Å². The molecule has 0 aliphatic carbocycles. The molecule has 0 aliphatic heterocycles. The highest BCUT2D eigenvalue weighted by molar-refractivity contribution is 6.29. The molecule has 0 spiro atoms. The van der Waals surface area contributed by atoms with Crippen molar-refractivity contribution in [2.24, 2.45) is 0 Å². The van der Waals surface area contributed by atoms with Crippen LogP contribution in [0.25, 0.3) is 0 Å². The van der Waals surface area contributed by atoms with Crippen LogP contribution in [0.4, 0.5) is 4.79 Å². The Labute approximate surface area is 63.1 Å². The minimum atomic E-state index is -1.11. The van der Waals surface area contributed by atoms with Crippen molar-refractivity contribution < 1.29 is 15.0 Å². The van der Waals surface area contributed by atoms with Crippen LogP contribution < -0.4 is 5.32 Å². The number of hydrogen-bond donors (Lipinski definition) is 3. The van der Waals surface area contributed by atoms with Crippen LogP contribution in [-0.2, 0) is 0 Å². The van der Waals surface area contributed by atoms with Crippen molar-refractivity contribution in [3.05, 3.63) is 11.1 Å². The molecular formula is C5H8ClNO3. The Hall–Kier alpha value is -0.740. The van der Waals surface area contributed by atoms with Gasteiger partial charge in [0.1, 0.15) is 0 Å². The largest absolute Gasteiger partial charge is 0.465 e. The van der Waals surface area contributed by atoms with Gasteiger partial charge in [-0.25, -0.2) is 4.79 Å². The van der Waals surface area contributed by atoms with Crippen molar-refractivity contribution in [3.63, 3.8) is 0 Å². The molecule has 0 saturated carbocycles. The summed E-state index contributed by atoms with van der Waals surface area (Å²) in [6.07, 6.45) is 0.272. The molecule has 0 rings (SSSR count). The quantitative estimate of drug-likeness (QED) is 0.566. The molecule has 0 aliphatic rings. The zero-order valence-corrected chi connectivity index (χ0v) is 5.93. The molecule has 0 atom stereocenters. The molecule has 10 heavy (non-hydrogen) atoms. The first-order valence-corrected chi connectivity index (χ1v) is 2.96. The molecule has 0 bridgehead atoms. The lowest BCUT2D eigenvalue weighted by Gasteiger charge is -1.93. The fourth-order valence-corrected chi connectivity index (χ4v) is 0.391. The van der Waals surface area contributed by atoms with E-state index in [1.54, 1.807) is 0 Å². The number of amides is 1. The summed E-state index contributed by atoms with van der Waals surface area (Å²) in [4.78, 5) is 9.82. The van der Waals surface area contributed by atoms with E-state index < -0.39 is 6.09 Å². The molecule has 0 unspecified atom stereocenters. The summed E-state index contributed by atoms with van der Waals surface area (Å²) in [5, 5.41) is 18.7. The standard InChI is InChI=1S/C5H8ClNO3/c6-4(3-8)1-2-7-5(9)10/h1,7-8H,2-3H2,(H,9,10)/b4-1-. The third-order valence-electron chi connectivity index (χ3n) is 0.728. The Morgan fingerprint density at radius 2 is 2.30 bits per heavy atom. The average molecular weight is 166 g/mol. The predicted molar refractivity (Wildman–Crippen MR) is 37.0 cm³/mol. The van der Waals surface area contributed by atoms with Crippen molar-refractivity contribution in [3.8, 4) is 0 Å². The van der Waals surface area contributed by atoms with Crippen molar-refractivity contribution in [1.82, 2.24) is 5.32 Å². The van der Waals surface area contributed by atoms with Crippen LogP contribution in [0.1, 0.15) is 0 Å². The number of carbonyl (C=O) groups is 1. The second-order valence-electron chi connectivity index (χ2n) is 1.50. The Kier molecular flexibility index (Phi) is 4.70. The molecule has 0 aromatic rings. The van der Waals surface area contributed by atoms with E-state index in [0.717, 1.165) is 0 Å². The van der Waals surface area contributed by atoms with Gasteiger partial charge in [-0.3, -0.25) is 0 Å². The van der Waals surface area contributed by atoms with Gasteiger partial charge in [0.2, 0.25) is 0 Å². The van der Waals surface area contributed by atoms with Gasteiger partial charge < -0.3 is 15.5 Å². The van der Waals surface area contributed by atoms with E-state index in [2.05, 4.69) is 5.32 Å². The van der Waals surface area contributed by atoms with Crippen molar-refractivity contribution >= 4 is 17.7 Å². The number of carboxylic acid groups (broad SMARTS) is 1. The molecule has 1 amide bonds. The monoisotopic (exact) mass is 165 g/mol. The van der Waals surface area contributed by atoms with E-state index in [9.17, 15) is 4.79 Å². The highest BCUT2D eigenvalue weighted by Crippen LogP contribution is 1.96. The highest BCUT2D eigenvalue weighted by atomic mass is 35.5. The van der Waals surface area contributed by atoms with Gasteiger partial charge in [0, 0.05) is 11.6 Å². The van der Waals surface area contributed by atoms with Crippen LogP contribution in [0.2, 0.25) is 0 Å². The van der Waals surface area contributed by atoms with Gasteiger partial charge >= 0.3 is 6.09 Å². The maximum atomic E-state index is 9.82. The first-order chi connectivity index (χ1) is 4.66. The van der Waals surface area contributed by atoms with E-state index in [-0.39, 0.29) is 18.2 Å². The Morgan fingerprint density at radius 3 is 2.70 bits per heavy atom. The average Bonchev–Trinajstić information content (AvgIpc) is 1.87. The molecule has 0 fully saturated rings. The van der Waals surface area contributed by atoms with Gasteiger partial charge in [-0.15, -0.1) is 0 Å². The van der Waals surface area contributed by atoms with E-state index in [1.807, 2.05) is 0 Å². The lowest BCUT2D eigenvalue weighted by molar-refractivity contribution is 0.195. The van der Waals surface area contributed by atoms with E-state index in [0.29, 0.717) is 0 Å². The maximum absolute atomic E-state index is 9.82. The van der Waals surface area contributed by atoms with Gasteiger partial charge in [0.15, 0.2) is 0 Å².